The molecule has 0 saturated carbocycles. The van der Waals surface area contributed by atoms with Crippen LogP contribution in [0.4, 0.5) is 0 Å². The summed E-state index contributed by atoms with van der Waals surface area (Å²) < 4.78 is 0. The van der Waals surface area contributed by atoms with Gasteiger partial charge in [0.25, 0.3) is 0 Å². The van der Waals surface area contributed by atoms with Crippen LogP contribution in [-0.4, -0.2) is 7.05 Å². The predicted molar refractivity (Wildman–Crippen MR) is 92.2 cm³/mol. The molecule has 0 amide bonds. The first kappa shape index (κ1) is 15.8. The Kier molecular flexibility index (Phi) is 4.53. The van der Waals surface area contributed by atoms with Gasteiger partial charge in [0.2, 0.25) is 0 Å². The smallest absolute Gasteiger partial charge is 0.0582 e. The molecule has 0 heterocycles. The zero-order valence-electron chi connectivity index (χ0n) is 14.4. The molecule has 0 fully saturated rings. The molecular formula is C20H27N. The van der Waals surface area contributed by atoms with E-state index in [-0.39, 0.29) is 6.04 Å². The maximum atomic E-state index is 3.53. The Morgan fingerprint density at radius 1 is 0.714 bits per heavy atom. The van der Waals surface area contributed by atoms with Crippen molar-refractivity contribution < 1.29 is 0 Å². The van der Waals surface area contributed by atoms with Gasteiger partial charge in [0.05, 0.1) is 6.04 Å². The summed E-state index contributed by atoms with van der Waals surface area (Å²) in [5.41, 5.74) is 11.2. The summed E-state index contributed by atoms with van der Waals surface area (Å²) in [6.07, 6.45) is 0. The third kappa shape index (κ3) is 2.63. The SMILES string of the molecule is CNC(c1ccccc1C)c1c(C)c(C)c(C)c(C)c1C. The minimum atomic E-state index is 0.254. The highest BCUT2D eigenvalue weighted by molar-refractivity contribution is 5.53. The fourth-order valence-electron chi connectivity index (χ4n) is 3.33. The van der Waals surface area contributed by atoms with Gasteiger partial charge in [0.15, 0.2) is 0 Å². The quantitative estimate of drug-likeness (QED) is 0.848. The van der Waals surface area contributed by atoms with Crippen molar-refractivity contribution in [2.45, 2.75) is 47.6 Å². The van der Waals surface area contributed by atoms with E-state index in [2.05, 4.69) is 78.2 Å². The summed E-state index contributed by atoms with van der Waals surface area (Å²) in [7, 11) is 2.06. The summed E-state index contributed by atoms with van der Waals surface area (Å²) in [4.78, 5) is 0. The first-order chi connectivity index (χ1) is 9.90. The van der Waals surface area contributed by atoms with Crippen LogP contribution in [0.1, 0.15) is 50.5 Å². The van der Waals surface area contributed by atoms with E-state index in [0.717, 1.165) is 0 Å². The van der Waals surface area contributed by atoms with Crippen LogP contribution >= 0.6 is 0 Å². The molecule has 1 nitrogen and oxygen atoms in total. The molecule has 112 valence electrons. The molecule has 0 radical (unpaired) electrons. The first-order valence-corrected chi connectivity index (χ1v) is 7.69. The van der Waals surface area contributed by atoms with Crippen molar-refractivity contribution in [2.75, 3.05) is 7.05 Å². The molecule has 0 aromatic heterocycles. The molecule has 0 bridgehead atoms. The summed E-state index contributed by atoms with van der Waals surface area (Å²) >= 11 is 0. The minimum absolute atomic E-state index is 0.254. The molecule has 2 rings (SSSR count). The van der Waals surface area contributed by atoms with Gasteiger partial charge in [-0.15, -0.1) is 0 Å². The maximum absolute atomic E-state index is 3.53. The van der Waals surface area contributed by atoms with E-state index in [4.69, 9.17) is 0 Å². The maximum Gasteiger partial charge on any atom is 0.0582 e. The van der Waals surface area contributed by atoms with Crippen LogP contribution in [-0.2, 0) is 0 Å². The van der Waals surface area contributed by atoms with Gasteiger partial charge in [0.1, 0.15) is 0 Å². The van der Waals surface area contributed by atoms with E-state index in [0.29, 0.717) is 0 Å². The fraction of sp³-hybridized carbons (Fsp3) is 0.400. The topological polar surface area (TPSA) is 12.0 Å². The van der Waals surface area contributed by atoms with E-state index >= 15 is 0 Å². The van der Waals surface area contributed by atoms with Crippen LogP contribution in [0, 0.1) is 41.5 Å². The van der Waals surface area contributed by atoms with E-state index < -0.39 is 0 Å². The lowest BCUT2D eigenvalue weighted by molar-refractivity contribution is 0.676. The Labute approximate surface area is 129 Å². The zero-order chi connectivity index (χ0) is 15.7. The largest absolute Gasteiger partial charge is 0.309 e. The average molecular weight is 281 g/mol. The van der Waals surface area contributed by atoms with Gasteiger partial charge in [0, 0.05) is 0 Å². The Balaban J connectivity index is 2.73. The van der Waals surface area contributed by atoms with Gasteiger partial charge in [-0.2, -0.15) is 0 Å². The molecule has 2 aromatic carbocycles. The van der Waals surface area contributed by atoms with Crippen molar-refractivity contribution in [1.82, 2.24) is 5.32 Å². The number of hydrogen-bond acceptors (Lipinski definition) is 1. The molecule has 1 atom stereocenters. The number of nitrogens with one attached hydrogen (secondary N) is 1. The zero-order valence-corrected chi connectivity index (χ0v) is 14.4. The van der Waals surface area contributed by atoms with Gasteiger partial charge < -0.3 is 5.32 Å². The van der Waals surface area contributed by atoms with Crippen LogP contribution in [0.3, 0.4) is 0 Å². The Morgan fingerprint density at radius 3 is 1.67 bits per heavy atom. The Bertz CT molecular complexity index is 639. The van der Waals surface area contributed by atoms with Crippen LogP contribution in [0.15, 0.2) is 24.3 Å². The lowest BCUT2D eigenvalue weighted by Crippen LogP contribution is -2.22. The van der Waals surface area contributed by atoms with Crippen LogP contribution in [0.2, 0.25) is 0 Å². The summed E-state index contributed by atoms with van der Waals surface area (Å²) in [6.45, 7) is 13.4. The lowest BCUT2D eigenvalue weighted by Gasteiger charge is -2.27. The van der Waals surface area contributed by atoms with E-state index in [9.17, 15) is 0 Å². The second-order valence-electron chi connectivity index (χ2n) is 6.12. The highest BCUT2D eigenvalue weighted by atomic mass is 14.9. The second kappa shape index (κ2) is 6.03. The van der Waals surface area contributed by atoms with Crippen molar-refractivity contribution in [3.8, 4) is 0 Å². The molecule has 2 aromatic rings. The second-order valence-corrected chi connectivity index (χ2v) is 6.12. The van der Waals surface area contributed by atoms with Gasteiger partial charge in [-0.25, -0.2) is 0 Å². The first-order valence-electron chi connectivity index (χ1n) is 7.69. The van der Waals surface area contributed by atoms with Crippen LogP contribution in [0.5, 0.6) is 0 Å². The number of benzene rings is 2. The molecule has 1 heteroatoms. The molecule has 0 saturated heterocycles. The average Bonchev–Trinajstić information content (AvgIpc) is 2.48. The van der Waals surface area contributed by atoms with Crippen molar-refractivity contribution >= 4 is 0 Å². The molecule has 0 aliphatic carbocycles. The molecule has 1 unspecified atom stereocenters. The molecule has 1 N–H and O–H groups in total. The Morgan fingerprint density at radius 2 is 1.19 bits per heavy atom. The van der Waals surface area contributed by atoms with Gasteiger partial charge in [-0.1, -0.05) is 24.3 Å². The van der Waals surface area contributed by atoms with Crippen LogP contribution < -0.4 is 5.32 Å². The highest BCUT2D eigenvalue weighted by Gasteiger charge is 2.21. The van der Waals surface area contributed by atoms with Gasteiger partial charge in [-0.3, -0.25) is 0 Å². The van der Waals surface area contributed by atoms with Crippen molar-refractivity contribution in [3.05, 3.63) is 68.8 Å². The van der Waals surface area contributed by atoms with E-state index in [1.807, 2.05) is 0 Å². The van der Waals surface area contributed by atoms with Gasteiger partial charge >= 0.3 is 0 Å². The summed E-state index contributed by atoms with van der Waals surface area (Å²) in [5.74, 6) is 0. The number of aryl methyl sites for hydroxylation is 1. The highest BCUT2D eigenvalue weighted by Crippen LogP contribution is 2.34. The van der Waals surface area contributed by atoms with Crippen molar-refractivity contribution in [2.24, 2.45) is 0 Å². The molecule has 0 aliphatic rings. The van der Waals surface area contributed by atoms with E-state index in [1.54, 1.807) is 0 Å². The molecular weight excluding hydrogens is 254 g/mol. The summed E-state index contributed by atoms with van der Waals surface area (Å²) in [5, 5.41) is 3.53. The van der Waals surface area contributed by atoms with Crippen LogP contribution in [0.25, 0.3) is 0 Å². The third-order valence-electron chi connectivity index (χ3n) is 5.13. The third-order valence-corrected chi connectivity index (χ3v) is 5.13. The van der Waals surface area contributed by atoms with Crippen molar-refractivity contribution in [1.29, 1.82) is 0 Å². The standard InChI is InChI=1S/C20H27N/c1-12-10-8-9-11-18(12)20(21-7)19-16(5)14(3)13(2)15(4)17(19)6/h8-11,20-21H,1-7H3. The molecule has 0 aliphatic heterocycles. The monoisotopic (exact) mass is 281 g/mol. The minimum Gasteiger partial charge on any atom is -0.309 e. The van der Waals surface area contributed by atoms with Gasteiger partial charge in [-0.05, 0) is 93.1 Å². The number of rotatable bonds is 3. The normalized spacial score (nSPS) is 12.5. The molecule has 0 spiro atoms. The van der Waals surface area contributed by atoms with E-state index in [1.165, 1.54) is 44.5 Å². The number of hydrogen-bond donors (Lipinski definition) is 1. The summed E-state index contributed by atoms with van der Waals surface area (Å²) in [6, 6.07) is 8.92. The van der Waals surface area contributed by atoms with Crippen molar-refractivity contribution in [3.63, 3.8) is 0 Å². The Hall–Kier alpha value is -1.60. The fourth-order valence-corrected chi connectivity index (χ4v) is 3.33. The lowest BCUT2D eigenvalue weighted by atomic mass is 9.83. The molecule has 21 heavy (non-hydrogen) atoms. The predicted octanol–water partition coefficient (Wildman–Crippen LogP) is 4.85.